The molecule has 2 amide bonds. The fourth-order valence-corrected chi connectivity index (χ4v) is 5.93. The van der Waals surface area contributed by atoms with Gasteiger partial charge in [-0.1, -0.05) is 13.8 Å². The van der Waals surface area contributed by atoms with E-state index in [2.05, 4.69) is 19.2 Å². The second-order valence-electron chi connectivity index (χ2n) is 11.3. The fourth-order valence-electron chi connectivity index (χ4n) is 5.93. The van der Waals surface area contributed by atoms with Crippen LogP contribution in [0.5, 0.6) is 0 Å². The second kappa shape index (κ2) is 9.41. The van der Waals surface area contributed by atoms with Gasteiger partial charge in [0.1, 0.15) is 0 Å². The number of ether oxygens (including phenoxy) is 1. The van der Waals surface area contributed by atoms with Crippen molar-refractivity contribution >= 4 is 29.3 Å². The number of nitrogens with one attached hydrogen (secondary N) is 1. The van der Waals surface area contributed by atoms with Crippen molar-refractivity contribution in [1.29, 1.82) is 0 Å². The number of aryl methyl sites for hydroxylation is 1. The predicted octanol–water partition coefficient (Wildman–Crippen LogP) is 2.71. The van der Waals surface area contributed by atoms with E-state index in [0.29, 0.717) is 42.0 Å². The summed E-state index contributed by atoms with van der Waals surface area (Å²) in [7, 11) is 0. The minimum atomic E-state index is -0.533. The molecule has 3 aliphatic rings. The number of hydrogen-bond donors (Lipinski definition) is 2. The molecule has 0 fully saturated rings. The molecule has 2 aliphatic carbocycles. The first-order valence-corrected chi connectivity index (χ1v) is 12.9. The monoisotopic (exact) mass is 519 g/mol. The number of carbonyl (C=O) groups excluding carboxylic acids is 4. The van der Waals surface area contributed by atoms with Gasteiger partial charge < -0.3 is 20.7 Å². The summed E-state index contributed by atoms with van der Waals surface area (Å²) in [5, 5.41) is 8.20. The highest BCUT2D eigenvalue weighted by atomic mass is 16.5. The normalized spacial score (nSPS) is 18.4. The topological polar surface area (TPSA) is 137 Å². The Kier molecular flexibility index (Phi) is 6.36. The zero-order valence-electron chi connectivity index (χ0n) is 22.2. The number of fused-ring (bicyclic) bond motifs is 1. The number of aromatic nitrogens is 2. The molecule has 38 heavy (non-hydrogen) atoms. The number of rotatable bonds is 6. The Morgan fingerprint density at radius 3 is 2.47 bits per heavy atom. The van der Waals surface area contributed by atoms with Gasteiger partial charge in [-0.3, -0.25) is 19.2 Å². The Bertz CT molecular complexity index is 1380. The highest BCUT2D eigenvalue weighted by molar-refractivity contribution is 6.00. The first kappa shape index (κ1) is 25.7. The molecule has 3 N–H and O–H groups in total. The smallest absolute Gasteiger partial charge is 0.303 e. The number of primary amides is 1. The number of ketones is 1. The molecule has 0 unspecified atom stereocenters. The lowest BCUT2D eigenvalue weighted by molar-refractivity contribution is -0.149. The number of anilines is 1. The third-order valence-electron chi connectivity index (χ3n) is 7.59. The molecule has 1 aliphatic heterocycles. The molecule has 2 heterocycles. The Morgan fingerprint density at radius 1 is 1.16 bits per heavy atom. The van der Waals surface area contributed by atoms with E-state index in [-0.39, 0.29) is 29.8 Å². The van der Waals surface area contributed by atoms with Gasteiger partial charge in [0.25, 0.3) is 11.8 Å². The van der Waals surface area contributed by atoms with Crippen LogP contribution in [-0.2, 0) is 20.7 Å². The summed E-state index contributed by atoms with van der Waals surface area (Å²) in [6.45, 7) is 8.09. The number of carbonyl (C=O) groups is 4. The molecule has 0 bridgehead atoms. The molecule has 200 valence electrons. The van der Waals surface area contributed by atoms with Crippen molar-refractivity contribution in [2.45, 2.75) is 59.4 Å². The molecule has 1 aromatic carbocycles. The van der Waals surface area contributed by atoms with Crippen molar-refractivity contribution < 1.29 is 23.9 Å². The number of nitrogens with two attached hydrogens (primary N) is 1. The number of esters is 1. The molecule has 0 saturated heterocycles. The third kappa shape index (κ3) is 4.82. The molecular formula is C28H33N5O5. The summed E-state index contributed by atoms with van der Waals surface area (Å²) in [5.74, 6) is -1.10. The number of Topliss-reactive ketones (excluding diaryl/α,β-unsaturated/α-hetero) is 1. The van der Waals surface area contributed by atoms with Gasteiger partial charge >= 0.3 is 5.97 Å². The summed E-state index contributed by atoms with van der Waals surface area (Å²) in [6.07, 6.45) is 2.68. The van der Waals surface area contributed by atoms with Crippen LogP contribution in [0.2, 0.25) is 0 Å². The van der Waals surface area contributed by atoms with Gasteiger partial charge in [-0.25, -0.2) is 4.68 Å². The molecule has 2 aromatic rings. The van der Waals surface area contributed by atoms with Crippen molar-refractivity contribution in [3.8, 4) is 5.69 Å². The number of likely N-dealkylation sites (tertiary alicyclic amines) is 1. The molecule has 1 aromatic heterocycles. The summed E-state index contributed by atoms with van der Waals surface area (Å²) in [6, 6.07) is 5.43. The van der Waals surface area contributed by atoms with Crippen molar-refractivity contribution in [1.82, 2.24) is 14.7 Å². The first-order chi connectivity index (χ1) is 17.9. The van der Waals surface area contributed by atoms with Crippen LogP contribution in [0.1, 0.15) is 72.1 Å². The molecule has 0 spiro atoms. The van der Waals surface area contributed by atoms with E-state index in [4.69, 9.17) is 15.6 Å². The van der Waals surface area contributed by atoms with Crippen LogP contribution in [0.15, 0.2) is 29.3 Å². The third-order valence-corrected chi connectivity index (χ3v) is 7.59. The SMILES string of the molecule is CC(=O)OCC(=O)N1CC2=C(CC(Nc3cc(-n4nc(C)c5c4CC(C)(C)CC5=O)ccc3C(N)=O)C2)C1. The Morgan fingerprint density at radius 2 is 1.84 bits per heavy atom. The van der Waals surface area contributed by atoms with Crippen LogP contribution < -0.4 is 11.1 Å². The summed E-state index contributed by atoms with van der Waals surface area (Å²) >= 11 is 0. The highest BCUT2D eigenvalue weighted by Crippen LogP contribution is 2.38. The Balaban J connectivity index is 1.35. The molecule has 10 heteroatoms. The van der Waals surface area contributed by atoms with Gasteiger partial charge in [-0.15, -0.1) is 0 Å². The van der Waals surface area contributed by atoms with E-state index in [1.54, 1.807) is 11.0 Å². The molecule has 0 atom stereocenters. The van der Waals surface area contributed by atoms with Crippen molar-refractivity contribution in [2.24, 2.45) is 11.1 Å². The molecule has 0 radical (unpaired) electrons. The zero-order valence-corrected chi connectivity index (χ0v) is 22.2. The van der Waals surface area contributed by atoms with Gasteiger partial charge in [0.2, 0.25) is 0 Å². The van der Waals surface area contributed by atoms with E-state index < -0.39 is 11.9 Å². The Labute approximate surface area is 221 Å². The minimum Gasteiger partial charge on any atom is -0.456 e. The summed E-state index contributed by atoms with van der Waals surface area (Å²) in [4.78, 5) is 50.2. The second-order valence-corrected chi connectivity index (χ2v) is 11.3. The lowest BCUT2D eigenvalue weighted by atomic mass is 9.75. The number of hydrogen-bond acceptors (Lipinski definition) is 7. The standard InChI is InChI=1S/C28H33N5O5/c1-15-26-23(10-28(3,4)11-24(26)35)33(31-15)20-5-6-21(27(29)37)22(9-20)30-19-7-17-12-32(13-18(17)8-19)25(36)14-38-16(2)34/h5-6,9,19,30H,7-8,10-14H2,1-4H3,(H2,29,37). The van der Waals surface area contributed by atoms with Gasteiger partial charge in [0, 0.05) is 38.2 Å². The predicted molar refractivity (Wildman–Crippen MR) is 140 cm³/mol. The molecule has 10 nitrogen and oxygen atoms in total. The van der Waals surface area contributed by atoms with Crippen LogP contribution in [0.4, 0.5) is 5.69 Å². The molecule has 0 saturated carbocycles. The molecule has 5 rings (SSSR count). The maximum Gasteiger partial charge on any atom is 0.303 e. The maximum atomic E-state index is 12.9. The van der Waals surface area contributed by atoms with E-state index in [0.717, 1.165) is 30.6 Å². The van der Waals surface area contributed by atoms with E-state index in [9.17, 15) is 19.2 Å². The summed E-state index contributed by atoms with van der Waals surface area (Å²) < 4.78 is 6.66. The minimum absolute atomic E-state index is 0.0489. The van der Waals surface area contributed by atoms with Crippen LogP contribution in [0.3, 0.4) is 0 Å². The maximum absolute atomic E-state index is 12.9. The van der Waals surface area contributed by atoms with Crippen LogP contribution in [0.25, 0.3) is 5.69 Å². The number of nitrogens with zero attached hydrogens (tertiary/aromatic N) is 3. The van der Waals surface area contributed by atoms with Crippen LogP contribution in [0, 0.1) is 12.3 Å². The molecular weight excluding hydrogens is 486 g/mol. The lowest BCUT2D eigenvalue weighted by Gasteiger charge is -2.29. The highest BCUT2D eigenvalue weighted by Gasteiger charge is 2.36. The van der Waals surface area contributed by atoms with Gasteiger partial charge in [-0.2, -0.15) is 5.10 Å². The van der Waals surface area contributed by atoms with Crippen molar-refractivity contribution in [2.75, 3.05) is 25.0 Å². The fraction of sp³-hybridized carbons (Fsp3) is 0.464. The van der Waals surface area contributed by atoms with Crippen molar-refractivity contribution in [3.63, 3.8) is 0 Å². The van der Waals surface area contributed by atoms with E-state index >= 15 is 0 Å². The summed E-state index contributed by atoms with van der Waals surface area (Å²) in [5.41, 5.74) is 12.0. The van der Waals surface area contributed by atoms with Crippen LogP contribution >= 0.6 is 0 Å². The van der Waals surface area contributed by atoms with Crippen molar-refractivity contribution in [3.05, 3.63) is 51.9 Å². The van der Waals surface area contributed by atoms with Gasteiger partial charge in [-0.05, 0) is 60.9 Å². The van der Waals surface area contributed by atoms with Gasteiger partial charge in [0.15, 0.2) is 12.4 Å². The van der Waals surface area contributed by atoms with Gasteiger partial charge in [0.05, 0.1) is 28.2 Å². The average Bonchev–Trinajstić information content (AvgIpc) is 3.47. The van der Waals surface area contributed by atoms with E-state index in [1.165, 1.54) is 18.1 Å². The number of amides is 2. The average molecular weight is 520 g/mol. The first-order valence-electron chi connectivity index (χ1n) is 12.9. The lowest BCUT2D eigenvalue weighted by Crippen LogP contribution is -2.34. The van der Waals surface area contributed by atoms with E-state index in [1.807, 2.05) is 23.7 Å². The Hall–Kier alpha value is -3.95. The van der Waals surface area contributed by atoms with Crippen LogP contribution in [-0.4, -0.2) is 64.0 Å². The quantitative estimate of drug-likeness (QED) is 0.442. The number of benzene rings is 1. The zero-order chi connectivity index (χ0) is 27.4. The largest absolute Gasteiger partial charge is 0.456 e.